The predicted octanol–water partition coefficient (Wildman–Crippen LogP) is 7.05. The molecule has 208 valence electrons. The zero-order valence-electron chi connectivity index (χ0n) is 22.4. The van der Waals surface area contributed by atoms with E-state index in [2.05, 4.69) is 23.8 Å². The Morgan fingerprint density at radius 2 is 1.64 bits per heavy atom. The number of carbonyl (C=O) groups excluding carboxylic acids is 2. The molecule has 6 nitrogen and oxygen atoms in total. The lowest BCUT2D eigenvalue weighted by molar-refractivity contribution is -0.151. The van der Waals surface area contributed by atoms with Crippen LogP contribution in [0.3, 0.4) is 0 Å². The van der Waals surface area contributed by atoms with Crippen LogP contribution in [0.25, 0.3) is 11.1 Å². The number of halogens is 2. The van der Waals surface area contributed by atoms with Crippen LogP contribution in [0.4, 0.5) is 14.5 Å². The summed E-state index contributed by atoms with van der Waals surface area (Å²) in [6, 6.07) is 21.6. The number of esters is 1. The van der Waals surface area contributed by atoms with E-state index in [-0.39, 0.29) is 5.75 Å². The Kier molecular flexibility index (Phi) is 11.7. The Balaban J connectivity index is 1.85. The fraction of sp³-hybridized carbons (Fsp3) is 0.355. The van der Waals surface area contributed by atoms with Gasteiger partial charge in [0.2, 0.25) is 0 Å². The van der Waals surface area contributed by atoms with Crippen LogP contribution in [-0.4, -0.2) is 38.7 Å². The Bertz CT molecular complexity index is 1190. The lowest BCUT2D eigenvalue weighted by atomic mass is 10.0. The summed E-state index contributed by atoms with van der Waals surface area (Å²) in [4.78, 5) is 26.6. The van der Waals surface area contributed by atoms with E-state index >= 15 is 0 Å². The molecule has 3 aromatic rings. The average molecular weight is 540 g/mol. The van der Waals surface area contributed by atoms with E-state index in [0.29, 0.717) is 31.0 Å². The number of unbranched alkanes of at least 4 members (excludes halogenated alkanes) is 3. The normalized spacial score (nSPS) is 10.8. The molecule has 0 aromatic heterocycles. The maximum atomic E-state index is 13.0. The molecule has 0 spiro atoms. The molecule has 0 atom stereocenters. The van der Waals surface area contributed by atoms with Gasteiger partial charge in [-0.25, -0.2) is 4.79 Å². The second-order valence-corrected chi connectivity index (χ2v) is 9.03. The van der Waals surface area contributed by atoms with Crippen LogP contribution in [0.15, 0.2) is 72.8 Å². The molecule has 1 amide bonds. The summed E-state index contributed by atoms with van der Waals surface area (Å²) in [6.45, 7) is -0.00414. The molecular weight excluding hydrogens is 504 g/mol. The van der Waals surface area contributed by atoms with Crippen LogP contribution in [0.5, 0.6) is 11.5 Å². The van der Waals surface area contributed by atoms with Crippen molar-refractivity contribution in [3.8, 4) is 22.6 Å². The maximum Gasteiger partial charge on any atom is 0.397 e. The molecule has 39 heavy (non-hydrogen) atoms. The van der Waals surface area contributed by atoms with Crippen LogP contribution >= 0.6 is 0 Å². The highest BCUT2D eigenvalue weighted by atomic mass is 19.3. The highest BCUT2D eigenvalue weighted by Gasteiger charge is 2.25. The molecular formula is C31H35F2NO5. The van der Waals surface area contributed by atoms with Gasteiger partial charge < -0.3 is 19.1 Å². The van der Waals surface area contributed by atoms with Gasteiger partial charge in [-0.15, -0.1) is 0 Å². The van der Waals surface area contributed by atoms with Gasteiger partial charge >= 0.3 is 18.5 Å². The van der Waals surface area contributed by atoms with Gasteiger partial charge in [0.1, 0.15) is 11.5 Å². The van der Waals surface area contributed by atoms with Crippen molar-refractivity contribution in [2.75, 3.05) is 25.2 Å². The molecule has 0 radical (unpaired) electrons. The number of rotatable bonds is 14. The third-order valence-corrected chi connectivity index (χ3v) is 6.22. The smallest absolute Gasteiger partial charge is 0.397 e. The number of methoxy groups -OCH3 is 1. The minimum absolute atomic E-state index is 0.0566. The minimum Gasteiger partial charge on any atom is -0.493 e. The van der Waals surface area contributed by atoms with E-state index in [0.717, 1.165) is 43.2 Å². The number of nitrogens with zero attached hydrogens (tertiary/aromatic N) is 1. The summed E-state index contributed by atoms with van der Waals surface area (Å²) >= 11 is 0. The van der Waals surface area contributed by atoms with E-state index in [1.807, 2.05) is 18.2 Å². The molecule has 0 aliphatic carbocycles. The molecule has 3 aromatic carbocycles. The molecule has 0 fully saturated rings. The Hall–Kier alpha value is -3.94. The Morgan fingerprint density at radius 1 is 0.897 bits per heavy atom. The Labute approximate surface area is 228 Å². The zero-order valence-corrected chi connectivity index (χ0v) is 22.4. The highest BCUT2D eigenvalue weighted by Crippen LogP contribution is 2.35. The van der Waals surface area contributed by atoms with Crippen LogP contribution in [0.2, 0.25) is 0 Å². The molecule has 3 rings (SSSR count). The van der Waals surface area contributed by atoms with Crippen LogP contribution in [0.1, 0.15) is 44.6 Å². The van der Waals surface area contributed by atoms with Gasteiger partial charge in [-0.1, -0.05) is 62.2 Å². The second kappa shape index (κ2) is 15.5. The maximum absolute atomic E-state index is 13.0. The van der Waals surface area contributed by atoms with Crippen molar-refractivity contribution in [2.24, 2.45) is 0 Å². The topological polar surface area (TPSA) is 65.1 Å². The fourth-order valence-electron chi connectivity index (χ4n) is 4.18. The monoisotopic (exact) mass is 539 g/mol. The third-order valence-electron chi connectivity index (χ3n) is 6.22. The predicted molar refractivity (Wildman–Crippen MR) is 147 cm³/mol. The molecule has 0 N–H and O–H groups in total. The van der Waals surface area contributed by atoms with Crippen molar-refractivity contribution in [3.63, 3.8) is 0 Å². The third kappa shape index (κ3) is 9.09. The van der Waals surface area contributed by atoms with Crippen LogP contribution < -0.4 is 14.4 Å². The van der Waals surface area contributed by atoms with Crippen molar-refractivity contribution in [3.05, 3.63) is 78.4 Å². The molecule has 0 unspecified atom stereocenters. The SMILES string of the molecule is CCCCCOc1cc(N(CCCCc2ccccc2)C(=O)C(=O)OC)ccc1-c1ccc(OC(F)F)cc1. The molecule has 0 saturated carbocycles. The molecule has 0 aliphatic rings. The van der Waals surface area contributed by atoms with Gasteiger partial charge in [0.05, 0.1) is 13.7 Å². The van der Waals surface area contributed by atoms with E-state index in [9.17, 15) is 18.4 Å². The summed E-state index contributed by atoms with van der Waals surface area (Å²) in [6.07, 6.45) is 5.26. The van der Waals surface area contributed by atoms with Crippen molar-refractivity contribution in [2.45, 2.75) is 52.1 Å². The first-order valence-electron chi connectivity index (χ1n) is 13.2. The number of alkyl halides is 2. The molecule has 0 bridgehead atoms. The summed E-state index contributed by atoms with van der Waals surface area (Å²) in [5, 5.41) is 0. The highest BCUT2D eigenvalue weighted by molar-refractivity contribution is 6.38. The van der Waals surface area contributed by atoms with Gasteiger partial charge in [-0.3, -0.25) is 4.79 Å². The largest absolute Gasteiger partial charge is 0.493 e. The number of hydrogen-bond acceptors (Lipinski definition) is 5. The number of benzene rings is 3. The van der Waals surface area contributed by atoms with E-state index < -0.39 is 18.5 Å². The lowest BCUT2D eigenvalue weighted by Gasteiger charge is -2.23. The standard InChI is InChI=1S/C31H35F2NO5/c1-3-4-10-21-38-28-22-25(16-19-27(28)24-14-17-26(18-15-24)39-31(32)33)34(29(35)30(36)37-2)20-9-8-13-23-11-6-5-7-12-23/h5-7,11-12,14-19,22,31H,3-4,8-10,13,20-21H2,1-2H3. The average Bonchev–Trinajstić information content (AvgIpc) is 2.95. The van der Waals surface area contributed by atoms with Gasteiger partial charge in [0.15, 0.2) is 0 Å². The molecule has 0 saturated heterocycles. The number of aryl methyl sites for hydroxylation is 1. The first-order valence-corrected chi connectivity index (χ1v) is 13.2. The second-order valence-electron chi connectivity index (χ2n) is 9.03. The van der Waals surface area contributed by atoms with Crippen LogP contribution in [0, 0.1) is 0 Å². The van der Waals surface area contributed by atoms with E-state index in [1.54, 1.807) is 30.3 Å². The molecule has 8 heteroatoms. The first kappa shape index (κ1) is 29.6. The summed E-state index contributed by atoms with van der Waals surface area (Å²) in [7, 11) is 1.18. The van der Waals surface area contributed by atoms with Gasteiger partial charge in [0, 0.05) is 23.9 Å². The fourth-order valence-corrected chi connectivity index (χ4v) is 4.18. The number of hydrogen-bond donors (Lipinski definition) is 0. The summed E-state index contributed by atoms with van der Waals surface area (Å²) in [5.74, 6) is -1.11. The number of amides is 1. The van der Waals surface area contributed by atoms with Crippen molar-refractivity contribution in [1.82, 2.24) is 0 Å². The molecule has 0 heterocycles. The summed E-state index contributed by atoms with van der Waals surface area (Å²) in [5.41, 5.74) is 3.19. The van der Waals surface area contributed by atoms with Gasteiger partial charge in [-0.05, 0) is 61.1 Å². The Morgan fingerprint density at radius 3 is 2.31 bits per heavy atom. The number of ether oxygens (including phenoxy) is 3. The van der Waals surface area contributed by atoms with Gasteiger partial charge in [0.25, 0.3) is 0 Å². The van der Waals surface area contributed by atoms with E-state index in [4.69, 9.17) is 9.47 Å². The van der Waals surface area contributed by atoms with Crippen molar-refractivity contribution < 1.29 is 32.6 Å². The molecule has 0 aliphatic heterocycles. The quantitative estimate of drug-likeness (QED) is 0.125. The first-order chi connectivity index (χ1) is 18.9. The zero-order chi connectivity index (χ0) is 28.0. The van der Waals surface area contributed by atoms with Crippen molar-refractivity contribution in [1.29, 1.82) is 0 Å². The lowest BCUT2D eigenvalue weighted by Crippen LogP contribution is -2.38. The minimum atomic E-state index is -2.90. The van der Waals surface area contributed by atoms with Crippen molar-refractivity contribution >= 4 is 17.6 Å². The van der Waals surface area contributed by atoms with E-state index in [1.165, 1.54) is 29.7 Å². The number of anilines is 1. The van der Waals surface area contributed by atoms with Gasteiger partial charge in [-0.2, -0.15) is 8.78 Å². The van der Waals surface area contributed by atoms with Crippen LogP contribution in [-0.2, 0) is 20.7 Å². The number of carbonyl (C=O) groups is 2. The summed E-state index contributed by atoms with van der Waals surface area (Å²) < 4.78 is 40.4.